The summed E-state index contributed by atoms with van der Waals surface area (Å²) in [6, 6.07) is 47.5. The van der Waals surface area contributed by atoms with Crippen LogP contribution in [0.25, 0.3) is 66.1 Å². The average molecular weight is 591 g/mol. The van der Waals surface area contributed by atoms with E-state index in [2.05, 4.69) is 131 Å². The summed E-state index contributed by atoms with van der Waals surface area (Å²) in [4.78, 5) is 0. The van der Waals surface area contributed by atoms with Crippen molar-refractivity contribution in [1.29, 1.82) is 10.5 Å². The van der Waals surface area contributed by atoms with Gasteiger partial charge in [0.25, 0.3) is 0 Å². The Bertz CT molecular complexity index is 2470. The van der Waals surface area contributed by atoms with Gasteiger partial charge in [0.2, 0.25) is 0 Å². The Labute approximate surface area is 261 Å². The van der Waals surface area contributed by atoms with E-state index in [0.717, 1.165) is 55.0 Å². The molecule has 45 heavy (non-hydrogen) atoms. The average Bonchev–Trinajstić information content (AvgIpc) is 3.67. The predicted molar refractivity (Wildman–Crippen MR) is 187 cm³/mol. The smallest absolute Gasteiger partial charge is 0.113 e. The lowest BCUT2D eigenvalue weighted by molar-refractivity contribution is 1.18. The molecule has 4 nitrogen and oxygen atoms in total. The molecule has 0 atom stereocenters. The minimum atomic E-state index is -1.93. The molecular formula is C40H26N4Si. The highest BCUT2D eigenvalue weighted by Crippen LogP contribution is 2.38. The summed E-state index contributed by atoms with van der Waals surface area (Å²) in [5.74, 6) is 0. The topological polar surface area (TPSA) is 57.4 Å². The summed E-state index contributed by atoms with van der Waals surface area (Å²) in [6.45, 7) is 4.90. The first kappa shape index (κ1) is 25.6. The fourth-order valence-electron chi connectivity index (χ4n) is 7.66. The molecule has 0 bridgehead atoms. The van der Waals surface area contributed by atoms with E-state index < -0.39 is 8.07 Å². The van der Waals surface area contributed by atoms with Gasteiger partial charge in [0.1, 0.15) is 8.07 Å². The quantitative estimate of drug-likeness (QED) is 0.190. The van der Waals surface area contributed by atoms with Gasteiger partial charge < -0.3 is 9.13 Å². The molecule has 0 fully saturated rings. The van der Waals surface area contributed by atoms with Crippen LogP contribution in [0.3, 0.4) is 0 Å². The van der Waals surface area contributed by atoms with E-state index in [0.29, 0.717) is 11.1 Å². The van der Waals surface area contributed by atoms with Crippen LogP contribution in [0.4, 0.5) is 0 Å². The van der Waals surface area contributed by atoms with E-state index in [9.17, 15) is 10.5 Å². The molecule has 2 aromatic heterocycles. The maximum Gasteiger partial charge on any atom is 0.113 e. The van der Waals surface area contributed by atoms with Crippen LogP contribution in [0, 0.1) is 22.7 Å². The Morgan fingerprint density at radius 1 is 0.467 bits per heavy atom. The monoisotopic (exact) mass is 590 g/mol. The molecule has 5 heteroatoms. The van der Waals surface area contributed by atoms with Gasteiger partial charge in [-0.3, -0.25) is 0 Å². The van der Waals surface area contributed by atoms with Crippen molar-refractivity contribution in [3.05, 3.63) is 132 Å². The summed E-state index contributed by atoms with van der Waals surface area (Å²) >= 11 is 0. The molecule has 1 aliphatic heterocycles. The number of rotatable bonds is 2. The molecule has 0 aliphatic carbocycles. The number of nitriles is 2. The molecule has 0 spiro atoms. The van der Waals surface area contributed by atoms with Crippen LogP contribution >= 0.6 is 0 Å². The van der Waals surface area contributed by atoms with E-state index in [-0.39, 0.29) is 0 Å². The minimum absolute atomic E-state index is 0.669. The van der Waals surface area contributed by atoms with Gasteiger partial charge in [0.15, 0.2) is 0 Å². The van der Waals surface area contributed by atoms with Gasteiger partial charge in [-0.05, 0) is 94.3 Å². The van der Waals surface area contributed by atoms with E-state index in [4.69, 9.17) is 0 Å². The summed E-state index contributed by atoms with van der Waals surface area (Å²) in [5, 5.41) is 26.6. The lowest BCUT2D eigenvalue weighted by Gasteiger charge is -2.19. The van der Waals surface area contributed by atoms with Gasteiger partial charge in [-0.25, -0.2) is 0 Å². The Hall–Kier alpha value is -5.88. The molecule has 6 aromatic carbocycles. The fraction of sp³-hybridized carbons (Fsp3) is 0.0500. The van der Waals surface area contributed by atoms with E-state index in [1.54, 1.807) is 0 Å². The van der Waals surface area contributed by atoms with Crippen LogP contribution in [-0.4, -0.2) is 17.2 Å². The second-order valence-electron chi connectivity index (χ2n) is 12.5. The molecule has 0 N–H and O–H groups in total. The second-order valence-corrected chi connectivity index (χ2v) is 16.8. The summed E-state index contributed by atoms with van der Waals surface area (Å²) < 4.78 is 4.67. The molecular weight excluding hydrogens is 565 g/mol. The summed E-state index contributed by atoms with van der Waals surface area (Å²) in [6.07, 6.45) is 0. The second kappa shape index (κ2) is 9.06. The number of aromatic nitrogens is 2. The van der Waals surface area contributed by atoms with Crippen molar-refractivity contribution in [1.82, 2.24) is 9.13 Å². The number of hydrogen-bond donors (Lipinski definition) is 0. The van der Waals surface area contributed by atoms with E-state index >= 15 is 0 Å². The van der Waals surface area contributed by atoms with Crippen molar-refractivity contribution in [3.8, 4) is 34.6 Å². The highest BCUT2D eigenvalue weighted by Gasteiger charge is 2.38. The first-order valence-corrected chi connectivity index (χ1v) is 18.1. The molecule has 9 rings (SSSR count). The van der Waals surface area contributed by atoms with Crippen LogP contribution < -0.4 is 10.4 Å². The molecule has 0 saturated carbocycles. The Morgan fingerprint density at radius 3 is 1.33 bits per heavy atom. The van der Waals surface area contributed by atoms with Crippen LogP contribution in [0.5, 0.6) is 0 Å². The number of fused-ring (bicyclic) bond motifs is 9. The van der Waals surface area contributed by atoms with Gasteiger partial charge >= 0.3 is 0 Å². The number of hydrogen-bond acceptors (Lipinski definition) is 2. The third kappa shape index (κ3) is 3.45. The van der Waals surface area contributed by atoms with Crippen molar-refractivity contribution in [2.45, 2.75) is 13.1 Å². The van der Waals surface area contributed by atoms with Crippen LogP contribution in [0.2, 0.25) is 13.1 Å². The summed E-state index contributed by atoms with van der Waals surface area (Å²) in [5.41, 5.74) is 10.6. The van der Waals surface area contributed by atoms with Crippen LogP contribution in [0.1, 0.15) is 11.1 Å². The standard InChI is InChI=1S/C40H26N4Si/c1-45(2)39-17-13-27(43-35-9-5-3-7-29(35)31-19-25(23-41)11-15-37(31)43)21-33(39)34-22-28(14-18-40(34)45)44-36-10-6-4-8-30(36)32-20-26(24-42)12-16-38(32)44/h3-22H,1-2H3. The zero-order chi connectivity index (χ0) is 30.4. The van der Waals surface area contributed by atoms with Crippen LogP contribution in [0.15, 0.2) is 121 Å². The Balaban J connectivity index is 1.29. The Kier molecular flexibility index (Phi) is 5.16. The molecule has 0 radical (unpaired) electrons. The zero-order valence-electron chi connectivity index (χ0n) is 24.8. The van der Waals surface area contributed by atoms with Gasteiger partial charge in [0, 0.05) is 32.9 Å². The van der Waals surface area contributed by atoms with Crippen molar-refractivity contribution >= 4 is 62.1 Å². The first-order chi connectivity index (χ1) is 22.0. The predicted octanol–water partition coefficient (Wildman–Crippen LogP) is 8.43. The molecule has 0 amide bonds. The SMILES string of the molecule is C[Si]1(C)c2ccc(-n3c4ccccc4c4cc(C#N)ccc43)cc2-c2cc(-n3c4ccccc4c4cc(C#N)ccc43)ccc21. The fourth-order valence-corrected chi connectivity index (χ4v) is 10.7. The highest BCUT2D eigenvalue weighted by atomic mass is 28.3. The number of para-hydroxylation sites is 2. The Morgan fingerprint density at radius 2 is 0.889 bits per heavy atom. The molecule has 8 aromatic rings. The number of nitrogens with zero attached hydrogens (tertiary/aromatic N) is 4. The maximum absolute atomic E-state index is 9.60. The van der Waals surface area contributed by atoms with Gasteiger partial charge in [-0.1, -0.05) is 61.6 Å². The molecule has 0 unspecified atom stereocenters. The van der Waals surface area contributed by atoms with Crippen molar-refractivity contribution in [2.24, 2.45) is 0 Å². The zero-order valence-corrected chi connectivity index (χ0v) is 25.8. The van der Waals surface area contributed by atoms with Crippen molar-refractivity contribution < 1.29 is 0 Å². The normalized spacial score (nSPS) is 13.2. The third-order valence-corrected chi connectivity index (χ3v) is 13.3. The molecule has 1 aliphatic rings. The lowest BCUT2D eigenvalue weighted by atomic mass is 10.0. The minimum Gasteiger partial charge on any atom is -0.309 e. The first-order valence-electron chi connectivity index (χ1n) is 15.1. The van der Waals surface area contributed by atoms with E-state index in [1.807, 2.05) is 24.3 Å². The van der Waals surface area contributed by atoms with Gasteiger partial charge in [-0.2, -0.15) is 10.5 Å². The van der Waals surface area contributed by atoms with Gasteiger partial charge in [-0.15, -0.1) is 0 Å². The third-order valence-electron chi connectivity index (χ3n) is 9.76. The van der Waals surface area contributed by atoms with Crippen molar-refractivity contribution in [3.63, 3.8) is 0 Å². The lowest BCUT2D eigenvalue weighted by Crippen LogP contribution is -2.49. The molecule has 210 valence electrons. The van der Waals surface area contributed by atoms with Gasteiger partial charge in [0.05, 0.1) is 45.3 Å². The molecule has 0 saturated heterocycles. The van der Waals surface area contributed by atoms with Crippen molar-refractivity contribution in [2.75, 3.05) is 0 Å². The summed E-state index contributed by atoms with van der Waals surface area (Å²) in [7, 11) is -1.93. The number of benzene rings is 6. The maximum atomic E-state index is 9.60. The van der Waals surface area contributed by atoms with Crippen LogP contribution in [-0.2, 0) is 0 Å². The largest absolute Gasteiger partial charge is 0.309 e. The van der Waals surface area contributed by atoms with E-state index in [1.165, 1.54) is 21.5 Å². The molecule has 3 heterocycles. The highest BCUT2D eigenvalue weighted by molar-refractivity contribution is 7.03.